The number of carbonyl (C=O) groups excluding carboxylic acids is 2. The molecule has 0 radical (unpaired) electrons. The number of pyridine rings is 1. The predicted molar refractivity (Wildman–Crippen MR) is 149 cm³/mol. The van der Waals surface area contributed by atoms with Gasteiger partial charge in [-0.2, -0.15) is 0 Å². The Labute approximate surface area is 227 Å². The van der Waals surface area contributed by atoms with Crippen molar-refractivity contribution in [2.75, 3.05) is 20.1 Å². The number of aryl methyl sites for hydroxylation is 1. The number of aromatic nitrogens is 3. The molecule has 2 amide bonds. The van der Waals surface area contributed by atoms with Gasteiger partial charge >= 0.3 is 0 Å². The molecule has 39 heavy (non-hydrogen) atoms. The van der Waals surface area contributed by atoms with Gasteiger partial charge in [0.2, 0.25) is 5.91 Å². The molecule has 10 nitrogen and oxygen atoms in total. The highest BCUT2D eigenvalue weighted by atomic mass is 16.3. The number of likely N-dealkylation sites (N-methyl/N-ethyl adjacent to an activating group) is 1. The summed E-state index contributed by atoms with van der Waals surface area (Å²) < 4.78 is 7.73. The molecule has 4 aromatic rings. The number of benzene rings is 1. The third-order valence-corrected chi connectivity index (χ3v) is 7.23. The first kappa shape index (κ1) is 26.6. The fourth-order valence-electron chi connectivity index (χ4n) is 4.77. The van der Waals surface area contributed by atoms with Crippen molar-refractivity contribution in [1.29, 1.82) is 0 Å². The van der Waals surface area contributed by atoms with Crippen LogP contribution >= 0.6 is 0 Å². The molecule has 204 valence electrons. The van der Waals surface area contributed by atoms with Gasteiger partial charge in [0, 0.05) is 37.5 Å². The SMILES string of the molecule is Cc1ccc(-c2nc3cc(C(=O)N(C)CCc4ccccn4)ccc3n2[C@@H](CCCNC2(N)CC2)C(N)=O)o1. The normalized spacial score (nSPS) is 14.8. The second-order valence-corrected chi connectivity index (χ2v) is 10.4. The van der Waals surface area contributed by atoms with Gasteiger partial charge in [0.15, 0.2) is 11.6 Å². The molecule has 0 saturated heterocycles. The Balaban J connectivity index is 1.42. The lowest BCUT2D eigenvalue weighted by atomic mass is 10.1. The third kappa shape index (κ3) is 6.02. The van der Waals surface area contributed by atoms with Crippen molar-refractivity contribution < 1.29 is 14.0 Å². The van der Waals surface area contributed by atoms with Crippen LogP contribution in [-0.2, 0) is 11.2 Å². The number of hydrogen-bond donors (Lipinski definition) is 3. The second-order valence-electron chi connectivity index (χ2n) is 10.4. The maximum Gasteiger partial charge on any atom is 0.253 e. The van der Waals surface area contributed by atoms with Crippen LogP contribution in [0, 0.1) is 6.92 Å². The largest absolute Gasteiger partial charge is 0.458 e. The lowest BCUT2D eigenvalue weighted by molar-refractivity contribution is -0.121. The van der Waals surface area contributed by atoms with E-state index in [1.54, 1.807) is 30.3 Å². The molecule has 1 fully saturated rings. The molecule has 1 saturated carbocycles. The van der Waals surface area contributed by atoms with Crippen molar-refractivity contribution in [3.8, 4) is 11.6 Å². The molecular weight excluding hydrogens is 494 g/mol. The van der Waals surface area contributed by atoms with Crippen molar-refractivity contribution in [3.05, 3.63) is 71.7 Å². The van der Waals surface area contributed by atoms with Crippen LogP contribution in [0.15, 0.2) is 59.1 Å². The Bertz CT molecular complexity index is 1470. The Hall–Kier alpha value is -4.02. The summed E-state index contributed by atoms with van der Waals surface area (Å²) in [6.07, 6.45) is 5.53. The topological polar surface area (TPSA) is 145 Å². The fraction of sp³-hybridized carbons (Fsp3) is 0.379. The number of hydrogen-bond acceptors (Lipinski definition) is 7. The third-order valence-electron chi connectivity index (χ3n) is 7.23. The van der Waals surface area contributed by atoms with Gasteiger partial charge in [-0.05, 0) is 81.6 Å². The smallest absolute Gasteiger partial charge is 0.253 e. The van der Waals surface area contributed by atoms with E-state index in [-0.39, 0.29) is 11.6 Å². The number of carbonyl (C=O) groups is 2. The van der Waals surface area contributed by atoms with Gasteiger partial charge < -0.3 is 25.4 Å². The molecule has 1 atom stereocenters. The van der Waals surface area contributed by atoms with E-state index in [2.05, 4.69) is 10.3 Å². The van der Waals surface area contributed by atoms with E-state index >= 15 is 0 Å². The molecule has 1 aliphatic rings. The van der Waals surface area contributed by atoms with Crippen molar-refractivity contribution in [1.82, 2.24) is 24.8 Å². The Morgan fingerprint density at radius 3 is 2.69 bits per heavy atom. The van der Waals surface area contributed by atoms with Gasteiger partial charge in [0.05, 0.1) is 16.7 Å². The number of nitrogens with two attached hydrogens (primary N) is 2. The Kier molecular flexibility index (Phi) is 7.49. The van der Waals surface area contributed by atoms with Crippen LogP contribution in [0.4, 0.5) is 0 Å². The summed E-state index contributed by atoms with van der Waals surface area (Å²) >= 11 is 0. The Morgan fingerprint density at radius 1 is 1.21 bits per heavy atom. The van der Waals surface area contributed by atoms with Crippen molar-refractivity contribution in [2.45, 2.75) is 50.7 Å². The minimum atomic E-state index is -0.646. The molecule has 5 rings (SSSR count). The maximum atomic E-state index is 13.2. The van der Waals surface area contributed by atoms with E-state index in [1.165, 1.54) is 0 Å². The zero-order valence-corrected chi connectivity index (χ0v) is 22.4. The molecule has 3 heterocycles. The van der Waals surface area contributed by atoms with Crippen LogP contribution in [0.3, 0.4) is 0 Å². The highest BCUT2D eigenvalue weighted by Gasteiger charge is 2.37. The monoisotopic (exact) mass is 529 g/mol. The Morgan fingerprint density at radius 2 is 2.03 bits per heavy atom. The highest BCUT2D eigenvalue weighted by molar-refractivity contribution is 5.98. The van der Waals surface area contributed by atoms with Crippen molar-refractivity contribution >= 4 is 22.8 Å². The number of furan rings is 1. The molecule has 0 unspecified atom stereocenters. The van der Waals surface area contributed by atoms with Gasteiger partial charge in [0.25, 0.3) is 5.91 Å². The first-order valence-corrected chi connectivity index (χ1v) is 13.3. The zero-order chi connectivity index (χ0) is 27.6. The van der Waals surface area contributed by atoms with Crippen LogP contribution < -0.4 is 16.8 Å². The average molecular weight is 530 g/mol. The second kappa shape index (κ2) is 11.0. The van der Waals surface area contributed by atoms with E-state index in [0.29, 0.717) is 60.5 Å². The summed E-state index contributed by atoms with van der Waals surface area (Å²) in [5.41, 5.74) is 14.5. The predicted octanol–water partition coefficient (Wildman–Crippen LogP) is 3.16. The number of primary amides is 1. The molecule has 0 aliphatic heterocycles. The summed E-state index contributed by atoms with van der Waals surface area (Å²) in [7, 11) is 1.77. The number of nitrogens with one attached hydrogen (secondary N) is 1. The van der Waals surface area contributed by atoms with E-state index in [1.807, 2.05) is 47.9 Å². The van der Waals surface area contributed by atoms with E-state index in [9.17, 15) is 9.59 Å². The number of imidazole rings is 1. The summed E-state index contributed by atoms with van der Waals surface area (Å²) in [5, 5.41) is 3.35. The fourth-order valence-corrected chi connectivity index (χ4v) is 4.77. The maximum absolute atomic E-state index is 13.2. The minimum absolute atomic E-state index is 0.119. The first-order chi connectivity index (χ1) is 18.7. The lowest BCUT2D eigenvalue weighted by Crippen LogP contribution is -2.40. The van der Waals surface area contributed by atoms with Crippen LogP contribution in [0.5, 0.6) is 0 Å². The standard InChI is InChI=1S/C29H35N7O3/c1-19-8-11-25(39-19)27-34-22-18-20(28(38)35(2)17-12-21-6-3-4-15-32-21)9-10-23(22)36(27)24(26(30)37)7-5-16-33-29(31)13-14-29/h3-4,6,8-11,15,18,24,33H,5,7,12-14,16-17,31H2,1-2H3,(H2,30,37)/t24-/m0/s1. The summed E-state index contributed by atoms with van der Waals surface area (Å²) in [6, 6.07) is 14.1. The van der Waals surface area contributed by atoms with Gasteiger partial charge in [-0.3, -0.25) is 19.9 Å². The summed E-state index contributed by atoms with van der Waals surface area (Å²) in [5.74, 6) is 1.19. The zero-order valence-electron chi connectivity index (χ0n) is 22.4. The molecule has 0 bridgehead atoms. The summed E-state index contributed by atoms with van der Waals surface area (Å²) in [4.78, 5) is 36.8. The quantitative estimate of drug-likeness (QED) is 0.189. The number of amides is 2. The highest BCUT2D eigenvalue weighted by Crippen LogP contribution is 2.33. The number of fused-ring (bicyclic) bond motifs is 1. The lowest BCUT2D eigenvalue weighted by Gasteiger charge is -2.20. The van der Waals surface area contributed by atoms with Crippen LogP contribution in [-0.4, -0.2) is 57.0 Å². The number of rotatable bonds is 12. The van der Waals surface area contributed by atoms with Gasteiger partial charge in [-0.1, -0.05) is 6.07 Å². The van der Waals surface area contributed by atoms with Crippen LogP contribution in [0.1, 0.15) is 53.5 Å². The van der Waals surface area contributed by atoms with Gasteiger partial charge in [0.1, 0.15) is 11.8 Å². The molecule has 1 aromatic carbocycles. The first-order valence-electron chi connectivity index (χ1n) is 13.3. The van der Waals surface area contributed by atoms with Gasteiger partial charge in [-0.25, -0.2) is 4.98 Å². The van der Waals surface area contributed by atoms with E-state index in [0.717, 1.165) is 24.3 Å². The molecule has 1 aliphatic carbocycles. The van der Waals surface area contributed by atoms with Gasteiger partial charge in [-0.15, -0.1) is 0 Å². The van der Waals surface area contributed by atoms with Crippen molar-refractivity contribution in [3.63, 3.8) is 0 Å². The number of nitrogens with zero attached hydrogens (tertiary/aromatic N) is 4. The minimum Gasteiger partial charge on any atom is -0.458 e. The molecule has 0 spiro atoms. The molecular formula is C29H35N7O3. The molecule has 5 N–H and O–H groups in total. The van der Waals surface area contributed by atoms with E-state index in [4.69, 9.17) is 20.9 Å². The average Bonchev–Trinajstić information content (AvgIpc) is 3.33. The van der Waals surface area contributed by atoms with Crippen molar-refractivity contribution in [2.24, 2.45) is 11.5 Å². The molecule has 3 aromatic heterocycles. The van der Waals surface area contributed by atoms with Crippen LogP contribution in [0.25, 0.3) is 22.6 Å². The molecule has 10 heteroatoms. The van der Waals surface area contributed by atoms with E-state index < -0.39 is 11.9 Å². The summed E-state index contributed by atoms with van der Waals surface area (Å²) in [6.45, 7) is 3.07. The van der Waals surface area contributed by atoms with Crippen LogP contribution in [0.2, 0.25) is 0 Å².